The maximum Gasteiger partial charge on any atom is 0.416 e. The van der Waals surface area contributed by atoms with Crippen LogP contribution in [0.3, 0.4) is 0 Å². The lowest BCUT2D eigenvalue weighted by atomic mass is 9.87. The van der Waals surface area contributed by atoms with Crippen molar-refractivity contribution in [3.8, 4) is 0 Å². The van der Waals surface area contributed by atoms with Crippen LogP contribution in [0.25, 0.3) is 0 Å². The monoisotopic (exact) mass is 574 g/mol. The molecule has 7 nitrogen and oxygen atoms in total. The summed E-state index contributed by atoms with van der Waals surface area (Å²) >= 11 is 0. The molecule has 40 heavy (non-hydrogen) atoms. The fourth-order valence-electron chi connectivity index (χ4n) is 4.46. The zero-order valence-electron chi connectivity index (χ0n) is 21.4. The van der Waals surface area contributed by atoms with E-state index < -0.39 is 59.0 Å². The SMILES string of the molecule is C[C@H](NCC(=O)OCC1CCN(C(=O)c2cc(C(F)(F)F)cc(C(F)(F)F)c2)C(Cc2ccccc2)C1)C(=O)O. The van der Waals surface area contributed by atoms with Crippen LogP contribution in [-0.2, 0) is 33.1 Å². The van der Waals surface area contributed by atoms with Crippen molar-refractivity contribution in [2.75, 3.05) is 19.7 Å². The van der Waals surface area contributed by atoms with Crippen LogP contribution in [0.4, 0.5) is 26.3 Å². The number of hydrogen-bond acceptors (Lipinski definition) is 5. The van der Waals surface area contributed by atoms with Gasteiger partial charge in [0.25, 0.3) is 5.91 Å². The van der Waals surface area contributed by atoms with E-state index in [0.717, 1.165) is 5.56 Å². The summed E-state index contributed by atoms with van der Waals surface area (Å²) in [7, 11) is 0. The molecule has 2 aromatic rings. The van der Waals surface area contributed by atoms with Gasteiger partial charge in [-0.05, 0) is 55.9 Å². The summed E-state index contributed by atoms with van der Waals surface area (Å²) in [5.74, 6) is -3.03. The molecular weight excluding hydrogens is 546 g/mol. The second-order valence-electron chi connectivity index (χ2n) is 9.65. The average molecular weight is 575 g/mol. The average Bonchev–Trinajstić information content (AvgIpc) is 2.89. The topological polar surface area (TPSA) is 95.9 Å². The highest BCUT2D eigenvalue weighted by atomic mass is 19.4. The highest BCUT2D eigenvalue weighted by Crippen LogP contribution is 2.37. The van der Waals surface area contributed by atoms with Crippen molar-refractivity contribution in [3.63, 3.8) is 0 Å². The third-order valence-corrected chi connectivity index (χ3v) is 6.64. The minimum Gasteiger partial charge on any atom is -0.480 e. The predicted octanol–water partition coefficient (Wildman–Crippen LogP) is 4.79. The van der Waals surface area contributed by atoms with Crippen LogP contribution in [0.5, 0.6) is 0 Å². The van der Waals surface area contributed by atoms with Gasteiger partial charge in [0.1, 0.15) is 6.04 Å². The second-order valence-corrected chi connectivity index (χ2v) is 9.65. The Labute approximate surface area is 226 Å². The van der Waals surface area contributed by atoms with E-state index in [4.69, 9.17) is 9.84 Å². The molecule has 0 aliphatic carbocycles. The molecule has 0 radical (unpaired) electrons. The van der Waals surface area contributed by atoms with Crippen molar-refractivity contribution < 1.29 is 50.6 Å². The third kappa shape index (κ3) is 8.44. The van der Waals surface area contributed by atoms with Gasteiger partial charge in [-0.25, -0.2) is 0 Å². The Hall–Kier alpha value is -3.61. The van der Waals surface area contributed by atoms with Crippen LogP contribution in [-0.4, -0.2) is 59.6 Å². The number of likely N-dealkylation sites (tertiary alicyclic amines) is 1. The number of aliphatic carboxylic acids is 1. The molecule has 1 fully saturated rings. The number of esters is 1. The van der Waals surface area contributed by atoms with Crippen LogP contribution < -0.4 is 5.32 Å². The molecular formula is C27H28F6N2O5. The normalized spacial score (nSPS) is 18.7. The number of rotatable bonds is 9. The van der Waals surface area contributed by atoms with Gasteiger partial charge in [-0.2, -0.15) is 26.3 Å². The van der Waals surface area contributed by atoms with Crippen molar-refractivity contribution in [3.05, 3.63) is 70.8 Å². The molecule has 2 unspecified atom stereocenters. The lowest BCUT2D eigenvalue weighted by molar-refractivity contribution is -0.146. The first kappa shape index (κ1) is 30.9. The zero-order valence-corrected chi connectivity index (χ0v) is 21.4. The number of hydrogen-bond donors (Lipinski definition) is 2. The Morgan fingerprint density at radius 2 is 1.62 bits per heavy atom. The molecule has 13 heteroatoms. The standard InChI is InChI=1S/C27H28F6N2O5/c1-16(25(38)39)34-14-23(36)40-15-18-7-8-35(22(10-18)9-17-5-3-2-4-6-17)24(37)19-11-20(26(28,29)30)13-21(12-19)27(31,32)33/h2-6,11-13,16,18,22,34H,7-10,14-15H2,1H3,(H,38,39)/t16-,18?,22?/m0/s1. The van der Waals surface area contributed by atoms with E-state index in [2.05, 4.69) is 5.32 Å². The molecule has 1 aliphatic rings. The number of ether oxygens (including phenoxy) is 1. The first-order valence-electron chi connectivity index (χ1n) is 12.4. The number of amides is 1. The van der Waals surface area contributed by atoms with Crippen LogP contribution in [0, 0.1) is 5.92 Å². The first-order valence-corrected chi connectivity index (χ1v) is 12.4. The number of alkyl halides is 6. The summed E-state index contributed by atoms with van der Waals surface area (Å²) in [4.78, 5) is 37.6. The largest absolute Gasteiger partial charge is 0.480 e. The zero-order chi connectivity index (χ0) is 29.7. The fourth-order valence-corrected chi connectivity index (χ4v) is 4.46. The molecule has 1 heterocycles. The Morgan fingerprint density at radius 1 is 1.02 bits per heavy atom. The molecule has 1 aliphatic heterocycles. The molecule has 0 spiro atoms. The van der Waals surface area contributed by atoms with Crippen LogP contribution in [0.1, 0.15) is 46.8 Å². The molecule has 2 N–H and O–H groups in total. The maximum atomic E-state index is 13.4. The van der Waals surface area contributed by atoms with Crippen molar-refractivity contribution in [2.24, 2.45) is 5.92 Å². The number of nitrogens with zero attached hydrogens (tertiary/aromatic N) is 1. The van der Waals surface area contributed by atoms with Crippen LogP contribution >= 0.6 is 0 Å². The molecule has 1 saturated heterocycles. The van der Waals surface area contributed by atoms with Crippen LogP contribution in [0.15, 0.2) is 48.5 Å². The van der Waals surface area contributed by atoms with Gasteiger partial charge in [-0.1, -0.05) is 30.3 Å². The van der Waals surface area contributed by atoms with Gasteiger partial charge >= 0.3 is 24.3 Å². The molecule has 0 saturated carbocycles. The number of carboxylic acids is 1. The lowest BCUT2D eigenvalue weighted by Gasteiger charge is -2.40. The highest BCUT2D eigenvalue weighted by Gasteiger charge is 2.39. The van der Waals surface area contributed by atoms with Crippen molar-refractivity contribution in [2.45, 2.75) is 50.6 Å². The van der Waals surface area contributed by atoms with E-state index >= 15 is 0 Å². The van der Waals surface area contributed by atoms with E-state index in [0.29, 0.717) is 12.1 Å². The quantitative estimate of drug-likeness (QED) is 0.330. The second kappa shape index (κ2) is 12.7. The van der Waals surface area contributed by atoms with Gasteiger partial charge in [0.05, 0.1) is 24.3 Å². The molecule has 3 atom stereocenters. The molecule has 0 bridgehead atoms. The summed E-state index contributed by atoms with van der Waals surface area (Å²) in [6.45, 7) is 0.995. The number of carbonyl (C=O) groups excluding carboxylic acids is 2. The van der Waals surface area contributed by atoms with Gasteiger partial charge in [0, 0.05) is 18.2 Å². The first-order chi connectivity index (χ1) is 18.6. The highest BCUT2D eigenvalue weighted by molar-refractivity contribution is 5.95. The summed E-state index contributed by atoms with van der Waals surface area (Å²) in [6.07, 6.45) is -9.34. The molecule has 3 rings (SSSR count). The molecule has 1 amide bonds. The van der Waals surface area contributed by atoms with Crippen molar-refractivity contribution in [1.29, 1.82) is 0 Å². The predicted molar refractivity (Wildman–Crippen MR) is 130 cm³/mol. The van der Waals surface area contributed by atoms with Gasteiger partial charge in [-0.3, -0.25) is 19.7 Å². The minimum atomic E-state index is -5.09. The summed E-state index contributed by atoms with van der Waals surface area (Å²) in [5.41, 5.74) is -3.06. The molecule has 218 valence electrons. The number of nitrogens with one attached hydrogen (secondary N) is 1. The van der Waals surface area contributed by atoms with E-state index in [9.17, 15) is 40.7 Å². The number of benzene rings is 2. The van der Waals surface area contributed by atoms with Crippen LogP contribution in [0.2, 0.25) is 0 Å². The minimum absolute atomic E-state index is 0.0183. The van der Waals surface area contributed by atoms with E-state index in [1.807, 2.05) is 0 Å². The number of carboxylic acid groups (broad SMARTS) is 1. The van der Waals surface area contributed by atoms with E-state index in [-0.39, 0.29) is 50.9 Å². The van der Waals surface area contributed by atoms with Crippen molar-refractivity contribution >= 4 is 17.8 Å². The molecule has 0 aromatic heterocycles. The Kier molecular flexibility index (Phi) is 9.82. The van der Waals surface area contributed by atoms with E-state index in [1.165, 1.54) is 11.8 Å². The Morgan fingerprint density at radius 3 is 2.17 bits per heavy atom. The van der Waals surface area contributed by atoms with E-state index in [1.54, 1.807) is 30.3 Å². The fraction of sp³-hybridized carbons (Fsp3) is 0.444. The lowest BCUT2D eigenvalue weighted by Crippen LogP contribution is -2.48. The number of halogens is 6. The summed E-state index contributed by atoms with van der Waals surface area (Å²) in [5, 5.41) is 11.4. The third-order valence-electron chi connectivity index (χ3n) is 6.64. The maximum absolute atomic E-state index is 13.4. The Bertz CT molecular complexity index is 1170. The van der Waals surface area contributed by atoms with Gasteiger partial charge in [0.15, 0.2) is 0 Å². The molecule has 2 aromatic carbocycles. The smallest absolute Gasteiger partial charge is 0.416 e. The number of piperidine rings is 1. The number of carbonyl (C=O) groups is 3. The Balaban J connectivity index is 1.80. The van der Waals surface area contributed by atoms with Crippen molar-refractivity contribution in [1.82, 2.24) is 10.2 Å². The summed E-state index contributed by atoms with van der Waals surface area (Å²) < 4.78 is 85.5. The van der Waals surface area contributed by atoms with Gasteiger partial charge < -0.3 is 14.7 Å². The summed E-state index contributed by atoms with van der Waals surface area (Å²) in [6, 6.07) is 8.13. The van der Waals surface area contributed by atoms with Gasteiger partial charge in [0.2, 0.25) is 0 Å². The van der Waals surface area contributed by atoms with Gasteiger partial charge in [-0.15, -0.1) is 0 Å².